The second-order valence-electron chi connectivity index (χ2n) is 5.20. The number of hydrogen-bond acceptors (Lipinski definition) is 2. The van der Waals surface area contributed by atoms with Crippen molar-refractivity contribution in [2.45, 2.75) is 52.5 Å². The van der Waals surface area contributed by atoms with E-state index in [1.165, 1.54) is 25.7 Å². The summed E-state index contributed by atoms with van der Waals surface area (Å²) in [6.45, 7) is 7.11. The molecule has 0 fully saturated rings. The standard InChI is InChI=1S/C16H26N2O/c1-4-5-6-7-11-17-15-10-8-9-14(12-15)16(19)18-13(2)3/h8-10,12-13,17H,4-7,11H2,1-3H3,(H,18,19). The van der Waals surface area contributed by atoms with Crippen molar-refractivity contribution in [1.82, 2.24) is 5.32 Å². The largest absolute Gasteiger partial charge is 0.385 e. The van der Waals surface area contributed by atoms with Crippen molar-refractivity contribution < 1.29 is 4.79 Å². The first-order valence-corrected chi connectivity index (χ1v) is 7.28. The summed E-state index contributed by atoms with van der Waals surface area (Å²) in [4.78, 5) is 11.9. The van der Waals surface area contributed by atoms with Crippen LogP contribution in [-0.4, -0.2) is 18.5 Å². The normalized spacial score (nSPS) is 10.5. The van der Waals surface area contributed by atoms with E-state index >= 15 is 0 Å². The minimum absolute atomic E-state index is 0.00960. The van der Waals surface area contributed by atoms with Crippen LogP contribution in [0, 0.1) is 0 Å². The van der Waals surface area contributed by atoms with Crippen LogP contribution in [0.5, 0.6) is 0 Å². The van der Waals surface area contributed by atoms with Gasteiger partial charge in [-0.1, -0.05) is 32.3 Å². The summed E-state index contributed by atoms with van der Waals surface area (Å²) in [5, 5.41) is 6.28. The van der Waals surface area contributed by atoms with Gasteiger partial charge in [0.1, 0.15) is 0 Å². The maximum absolute atomic E-state index is 11.9. The van der Waals surface area contributed by atoms with Crippen LogP contribution in [0.2, 0.25) is 0 Å². The van der Waals surface area contributed by atoms with Crippen LogP contribution >= 0.6 is 0 Å². The maximum atomic E-state index is 11.9. The Morgan fingerprint density at radius 1 is 1.21 bits per heavy atom. The fourth-order valence-electron chi connectivity index (χ4n) is 1.90. The van der Waals surface area contributed by atoms with Gasteiger partial charge in [0.2, 0.25) is 0 Å². The molecule has 3 heteroatoms. The first-order valence-electron chi connectivity index (χ1n) is 7.28. The Hall–Kier alpha value is -1.51. The fraction of sp³-hybridized carbons (Fsp3) is 0.562. The minimum atomic E-state index is -0.00960. The molecular formula is C16H26N2O. The molecule has 1 rings (SSSR count). The van der Waals surface area contributed by atoms with Crippen molar-refractivity contribution in [2.75, 3.05) is 11.9 Å². The molecule has 1 aromatic rings. The lowest BCUT2D eigenvalue weighted by molar-refractivity contribution is 0.0943. The van der Waals surface area contributed by atoms with E-state index < -0.39 is 0 Å². The first-order chi connectivity index (χ1) is 9.13. The molecule has 1 aromatic carbocycles. The lowest BCUT2D eigenvalue weighted by Gasteiger charge is -2.10. The molecule has 0 unspecified atom stereocenters. The van der Waals surface area contributed by atoms with Gasteiger partial charge in [-0.3, -0.25) is 4.79 Å². The average Bonchev–Trinajstić information content (AvgIpc) is 2.38. The number of carbonyl (C=O) groups excluding carboxylic acids is 1. The summed E-state index contributed by atoms with van der Waals surface area (Å²) in [7, 11) is 0. The lowest BCUT2D eigenvalue weighted by Crippen LogP contribution is -2.30. The Labute approximate surface area is 116 Å². The van der Waals surface area contributed by atoms with Crippen molar-refractivity contribution in [3.63, 3.8) is 0 Å². The van der Waals surface area contributed by atoms with Crippen LogP contribution in [-0.2, 0) is 0 Å². The molecular weight excluding hydrogens is 236 g/mol. The van der Waals surface area contributed by atoms with Crippen LogP contribution in [0.3, 0.4) is 0 Å². The Morgan fingerprint density at radius 2 is 2.00 bits per heavy atom. The second kappa shape index (κ2) is 8.57. The highest BCUT2D eigenvalue weighted by Gasteiger charge is 2.06. The van der Waals surface area contributed by atoms with Gasteiger partial charge in [0.15, 0.2) is 0 Å². The molecule has 0 saturated carbocycles. The summed E-state index contributed by atoms with van der Waals surface area (Å²) in [5.41, 5.74) is 1.74. The van der Waals surface area contributed by atoms with Crippen molar-refractivity contribution in [3.05, 3.63) is 29.8 Å². The number of rotatable bonds is 8. The van der Waals surface area contributed by atoms with Gasteiger partial charge in [-0.05, 0) is 38.5 Å². The van der Waals surface area contributed by atoms with Gasteiger partial charge in [-0.25, -0.2) is 0 Å². The third-order valence-corrected chi connectivity index (χ3v) is 2.90. The summed E-state index contributed by atoms with van der Waals surface area (Å²) in [6, 6.07) is 7.85. The molecule has 0 aliphatic carbocycles. The molecule has 0 saturated heterocycles. The van der Waals surface area contributed by atoms with Crippen LogP contribution in [0.25, 0.3) is 0 Å². The SMILES string of the molecule is CCCCCCNc1cccc(C(=O)NC(C)C)c1. The first kappa shape index (κ1) is 15.5. The molecule has 0 spiro atoms. The topological polar surface area (TPSA) is 41.1 Å². The van der Waals surface area contributed by atoms with Crippen molar-refractivity contribution in [1.29, 1.82) is 0 Å². The maximum Gasteiger partial charge on any atom is 0.251 e. The van der Waals surface area contributed by atoms with Gasteiger partial charge in [-0.15, -0.1) is 0 Å². The highest BCUT2D eigenvalue weighted by molar-refractivity contribution is 5.95. The number of hydrogen-bond donors (Lipinski definition) is 2. The monoisotopic (exact) mass is 262 g/mol. The molecule has 0 aliphatic heterocycles. The van der Waals surface area contributed by atoms with Gasteiger partial charge in [0.05, 0.1) is 0 Å². The number of benzene rings is 1. The van der Waals surface area contributed by atoms with Crippen LogP contribution < -0.4 is 10.6 Å². The van der Waals surface area contributed by atoms with E-state index in [1.807, 2.05) is 38.1 Å². The third kappa shape index (κ3) is 6.27. The van der Waals surface area contributed by atoms with Gasteiger partial charge in [0, 0.05) is 23.8 Å². The smallest absolute Gasteiger partial charge is 0.251 e. The fourth-order valence-corrected chi connectivity index (χ4v) is 1.90. The van der Waals surface area contributed by atoms with E-state index in [4.69, 9.17) is 0 Å². The molecule has 3 nitrogen and oxygen atoms in total. The highest BCUT2D eigenvalue weighted by atomic mass is 16.1. The van der Waals surface area contributed by atoms with Crippen LogP contribution in [0.15, 0.2) is 24.3 Å². The molecule has 1 amide bonds. The molecule has 0 heterocycles. The summed E-state index contributed by atoms with van der Waals surface area (Å²) >= 11 is 0. The van der Waals surface area contributed by atoms with Crippen LogP contribution in [0.1, 0.15) is 56.8 Å². The van der Waals surface area contributed by atoms with Crippen LogP contribution in [0.4, 0.5) is 5.69 Å². The zero-order valence-electron chi connectivity index (χ0n) is 12.3. The van der Waals surface area contributed by atoms with E-state index in [0.717, 1.165) is 12.2 Å². The number of anilines is 1. The van der Waals surface area contributed by atoms with Crippen molar-refractivity contribution in [3.8, 4) is 0 Å². The van der Waals surface area contributed by atoms with E-state index in [9.17, 15) is 4.79 Å². The summed E-state index contributed by atoms with van der Waals surface area (Å²) in [6.07, 6.45) is 4.98. The van der Waals surface area contributed by atoms with Gasteiger partial charge < -0.3 is 10.6 Å². The van der Waals surface area contributed by atoms with E-state index in [0.29, 0.717) is 5.56 Å². The molecule has 0 atom stereocenters. The van der Waals surface area contributed by atoms with E-state index in [1.54, 1.807) is 0 Å². The molecule has 19 heavy (non-hydrogen) atoms. The van der Waals surface area contributed by atoms with Gasteiger partial charge >= 0.3 is 0 Å². The number of unbranched alkanes of at least 4 members (excludes halogenated alkanes) is 3. The second-order valence-corrected chi connectivity index (χ2v) is 5.20. The Kier molecular flexibility index (Phi) is 7.01. The molecule has 2 N–H and O–H groups in total. The number of nitrogens with one attached hydrogen (secondary N) is 2. The van der Waals surface area contributed by atoms with Crippen molar-refractivity contribution in [2.24, 2.45) is 0 Å². The van der Waals surface area contributed by atoms with E-state index in [-0.39, 0.29) is 11.9 Å². The minimum Gasteiger partial charge on any atom is -0.385 e. The Balaban J connectivity index is 2.45. The molecule has 0 aromatic heterocycles. The third-order valence-electron chi connectivity index (χ3n) is 2.90. The number of amides is 1. The number of carbonyl (C=O) groups is 1. The molecule has 0 aliphatic rings. The van der Waals surface area contributed by atoms with Gasteiger partial charge in [-0.2, -0.15) is 0 Å². The summed E-state index contributed by atoms with van der Waals surface area (Å²) in [5.74, 6) is -0.00960. The lowest BCUT2D eigenvalue weighted by atomic mass is 10.1. The molecule has 0 bridgehead atoms. The predicted octanol–water partition coefficient (Wildman–Crippen LogP) is 3.82. The zero-order chi connectivity index (χ0) is 14.1. The highest BCUT2D eigenvalue weighted by Crippen LogP contribution is 2.11. The average molecular weight is 262 g/mol. The molecule has 0 radical (unpaired) electrons. The Bertz CT molecular complexity index is 388. The Morgan fingerprint density at radius 3 is 2.68 bits per heavy atom. The van der Waals surface area contributed by atoms with Gasteiger partial charge in [0.25, 0.3) is 5.91 Å². The zero-order valence-corrected chi connectivity index (χ0v) is 12.3. The van der Waals surface area contributed by atoms with E-state index in [2.05, 4.69) is 17.6 Å². The quantitative estimate of drug-likeness (QED) is 0.699. The summed E-state index contributed by atoms with van der Waals surface area (Å²) < 4.78 is 0. The molecule has 106 valence electrons. The van der Waals surface area contributed by atoms with Crippen molar-refractivity contribution >= 4 is 11.6 Å². The predicted molar refractivity (Wildman–Crippen MR) is 81.7 cm³/mol.